The first kappa shape index (κ1) is 22.0. The second-order valence-corrected chi connectivity index (χ2v) is 8.62. The number of nitrogens with one attached hydrogen (secondary N) is 1. The SMILES string of the molecule is C=CCNC(=O)C1(Cc2cccc(-c3ccccc3)c2)CCN(Cc2ccccn2)CC1. The summed E-state index contributed by atoms with van der Waals surface area (Å²) in [7, 11) is 0. The summed E-state index contributed by atoms with van der Waals surface area (Å²) in [6, 6.07) is 25.1. The number of carbonyl (C=O) groups excluding carboxylic acids is 1. The van der Waals surface area contributed by atoms with E-state index in [0.29, 0.717) is 6.54 Å². The molecule has 1 amide bonds. The number of likely N-dealkylation sites (tertiary alicyclic amines) is 1. The van der Waals surface area contributed by atoms with Gasteiger partial charge in [-0.15, -0.1) is 6.58 Å². The summed E-state index contributed by atoms with van der Waals surface area (Å²) >= 11 is 0. The van der Waals surface area contributed by atoms with Crippen LogP contribution in [0.3, 0.4) is 0 Å². The minimum absolute atomic E-state index is 0.139. The van der Waals surface area contributed by atoms with Crippen molar-refractivity contribution in [1.29, 1.82) is 0 Å². The molecule has 2 heterocycles. The van der Waals surface area contributed by atoms with Crippen LogP contribution in [0.2, 0.25) is 0 Å². The van der Waals surface area contributed by atoms with Crippen LogP contribution in [0.5, 0.6) is 0 Å². The molecule has 0 saturated carbocycles. The number of aromatic nitrogens is 1. The molecule has 164 valence electrons. The highest BCUT2D eigenvalue weighted by Crippen LogP contribution is 2.37. The third-order valence-electron chi connectivity index (χ3n) is 6.39. The summed E-state index contributed by atoms with van der Waals surface area (Å²) < 4.78 is 0. The third-order valence-corrected chi connectivity index (χ3v) is 6.39. The van der Waals surface area contributed by atoms with Gasteiger partial charge in [-0.1, -0.05) is 66.7 Å². The molecule has 3 aromatic rings. The highest BCUT2D eigenvalue weighted by molar-refractivity contribution is 5.83. The molecule has 1 aromatic heterocycles. The van der Waals surface area contributed by atoms with E-state index in [0.717, 1.165) is 44.6 Å². The van der Waals surface area contributed by atoms with Gasteiger partial charge in [0.1, 0.15) is 0 Å². The molecular weight excluding hydrogens is 394 g/mol. The van der Waals surface area contributed by atoms with E-state index < -0.39 is 5.41 Å². The summed E-state index contributed by atoms with van der Waals surface area (Å²) in [6.07, 6.45) is 5.99. The Morgan fingerprint density at radius 2 is 1.75 bits per heavy atom. The number of nitrogens with zero attached hydrogens (tertiary/aromatic N) is 2. The molecule has 1 fully saturated rings. The molecule has 4 nitrogen and oxygen atoms in total. The Morgan fingerprint density at radius 3 is 2.47 bits per heavy atom. The minimum atomic E-state index is -0.404. The quantitative estimate of drug-likeness (QED) is 0.524. The van der Waals surface area contributed by atoms with E-state index in [1.807, 2.05) is 24.4 Å². The van der Waals surface area contributed by atoms with E-state index in [2.05, 4.69) is 76.4 Å². The van der Waals surface area contributed by atoms with Crippen LogP contribution in [0.1, 0.15) is 24.1 Å². The monoisotopic (exact) mass is 425 g/mol. The van der Waals surface area contributed by atoms with Gasteiger partial charge in [0.05, 0.1) is 11.1 Å². The average molecular weight is 426 g/mol. The minimum Gasteiger partial charge on any atom is -0.352 e. The van der Waals surface area contributed by atoms with Crippen LogP contribution in [0.15, 0.2) is 91.6 Å². The summed E-state index contributed by atoms with van der Waals surface area (Å²) in [5.41, 5.74) is 4.27. The van der Waals surface area contributed by atoms with E-state index in [1.165, 1.54) is 16.7 Å². The normalized spacial score (nSPS) is 15.8. The second kappa shape index (κ2) is 10.4. The molecular formula is C28H31N3O. The Labute approximate surface area is 191 Å². The van der Waals surface area contributed by atoms with Crippen molar-refractivity contribution < 1.29 is 4.79 Å². The van der Waals surface area contributed by atoms with Gasteiger partial charge in [0, 0.05) is 19.3 Å². The molecule has 2 aromatic carbocycles. The zero-order valence-electron chi connectivity index (χ0n) is 18.5. The van der Waals surface area contributed by atoms with Crippen molar-refractivity contribution in [2.75, 3.05) is 19.6 Å². The van der Waals surface area contributed by atoms with E-state index in [-0.39, 0.29) is 5.91 Å². The number of pyridine rings is 1. The van der Waals surface area contributed by atoms with Crippen LogP contribution >= 0.6 is 0 Å². The number of hydrogen-bond acceptors (Lipinski definition) is 3. The average Bonchev–Trinajstić information content (AvgIpc) is 2.85. The van der Waals surface area contributed by atoms with Crippen molar-refractivity contribution >= 4 is 5.91 Å². The lowest BCUT2D eigenvalue weighted by Gasteiger charge is -2.40. The van der Waals surface area contributed by atoms with Crippen LogP contribution in [-0.2, 0) is 17.8 Å². The van der Waals surface area contributed by atoms with Crippen LogP contribution in [0.4, 0.5) is 0 Å². The largest absolute Gasteiger partial charge is 0.352 e. The molecule has 0 aliphatic carbocycles. The first-order chi connectivity index (χ1) is 15.7. The number of hydrogen-bond donors (Lipinski definition) is 1. The maximum absolute atomic E-state index is 13.3. The number of benzene rings is 2. The first-order valence-electron chi connectivity index (χ1n) is 11.3. The molecule has 0 unspecified atom stereocenters. The molecule has 0 radical (unpaired) electrons. The molecule has 1 saturated heterocycles. The molecule has 0 atom stereocenters. The van der Waals surface area contributed by atoms with E-state index in [4.69, 9.17) is 0 Å². The molecule has 4 heteroatoms. The van der Waals surface area contributed by atoms with Crippen LogP contribution in [-0.4, -0.2) is 35.4 Å². The van der Waals surface area contributed by atoms with Crippen LogP contribution in [0, 0.1) is 5.41 Å². The smallest absolute Gasteiger partial charge is 0.226 e. The molecule has 1 N–H and O–H groups in total. The van der Waals surface area contributed by atoms with Gasteiger partial charge < -0.3 is 5.32 Å². The van der Waals surface area contributed by atoms with E-state index >= 15 is 0 Å². The maximum Gasteiger partial charge on any atom is 0.226 e. The molecule has 32 heavy (non-hydrogen) atoms. The lowest BCUT2D eigenvalue weighted by Crippen LogP contribution is -2.50. The van der Waals surface area contributed by atoms with Crippen LogP contribution < -0.4 is 5.32 Å². The third kappa shape index (κ3) is 5.32. The number of amides is 1. The highest BCUT2D eigenvalue weighted by Gasteiger charge is 2.41. The number of piperidine rings is 1. The van der Waals surface area contributed by atoms with Gasteiger partial charge in [-0.3, -0.25) is 14.7 Å². The predicted octanol–water partition coefficient (Wildman–Crippen LogP) is 4.88. The Bertz CT molecular complexity index is 1020. The van der Waals surface area contributed by atoms with E-state index in [1.54, 1.807) is 6.08 Å². The van der Waals surface area contributed by atoms with Crippen molar-refractivity contribution in [2.24, 2.45) is 5.41 Å². The van der Waals surface area contributed by atoms with Crippen molar-refractivity contribution in [3.63, 3.8) is 0 Å². The molecule has 4 rings (SSSR count). The van der Waals surface area contributed by atoms with Gasteiger partial charge in [0.15, 0.2) is 0 Å². The Morgan fingerprint density at radius 1 is 1.00 bits per heavy atom. The van der Waals surface area contributed by atoms with Crippen molar-refractivity contribution in [1.82, 2.24) is 15.2 Å². The van der Waals surface area contributed by atoms with Gasteiger partial charge >= 0.3 is 0 Å². The molecule has 0 bridgehead atoms. The zero-order chi connectivity index (χ0) is 22.2. The first-order valence-corrected chi connectivity index (χ1v) is 11.3. The van der Waals surface area contributed by atoms with Crippen molar-refractivity contribution in [3.8, 4) is 11.1 Å². The Kier molecular flexibility index (Phi) is 7.13. The van der Waals surface area contributed by atoms with E-state index in [9.17, 15) is 4.79 Å². The molecule has 1 aliphatic heterocycles. The second-order valence-electron chi connectivity index (χ2n) is 8.62. The number of carbonyl (C=O) groups is 1. The predicted molar refractivity (Wildman–Crippen MR) is 130 cm³/mol. The topological polar surface area (TPSA) is 45.2 Å². The van der Waals surface area contributed by atoms with Gasteiger partial charge in [0.2, 0.25) is 5.91 Å². The highest BCUT2D eigenvalue weighted by atomic mass is 16.2. The fraction of sp³-hybridized carbons (Fsp3) is 0.286. The van der Waals surface area contributed by atoms with Crippen LogP contribution in [0.25, 0.3) is 11.1 Å². The lowest BCUT2D eigenvalue weighted by atomic mass is 9.72. The van der Waals surface area contributed by atoms with Gasteiger partial charge in [-0.25, -0.2) is 0 Å². The van der Waals surface area contributed by atoms with Crippen molar-refractivity contribution in [2.45, 2.75) is 25.8 Å². The van der Waals surface area contributed by atoms with Crippen molar-refractivity contribution in [3.05, 3.63) is 103 Å². The summed E-state index contributed by atoms with van der Waals surface area (Å²) in [4.78, 5) is 20.2. The Hall–Kier alpha value is -3.24. The zero-order valence-corrected chi connectivity index (χ0v) is 18.5. The standard InChI is InChI=1S/C28H31N3O/c1-2-16-30-27(32)28(14-18-31(19-15-28)22-26-13-6-7-17-29-26)21-23-9-8-12-25(20-23)24-10-4-3-5-11-24/h2-13,17,20H,1,14-16,18-19,21-22H2,(H,30,32). The number of rotatable bonds is 8. The molecule has 1 aliphatic rings. The fourth-order valence-electron chi connectivity index (χ4n) is 4.58. The summed E-state index contributed by atoms with van der Waals surface area (Å²) in [6.45, 7) is 6.86. The van der Waals surface area contributed by atoms with Gasteiger partial charge in [-0.2, -0.15) is 0 Å². The Balaban J connectivity index is 1.51. The molecule has 0 spiro atoms. The lowest BCUT2D eigenvalue weighted by molar-refractivity contribution is -0.133. The summed E-state index contributed by atoms with van der Waals surface area (Å²) in [5, 5.41) is 3.09. The van der Waals surface area contributed by atoms with Gasteiger partial charge in [-0.05, 0) is 61.2 Å². The van der Waals surface area contributed by atoms with Gasteiger partial charge in [0.25, 0.3) is 0 Å². The fourth-order valence-corrected chi connectivity index (χ4v) is 4.58. The maximum atomic E-state index is 13.3. The summed E-state index contributed by atoms with van der Waals surface area (Å²) in [5.74, 6) is 0.139.